The van der Waals surface area contributed by atoms with E-state index in [0.717, 1.165) is 17.2 Å². The minimum absolute atomic E-state index is 0.524. The van der Waals surface area contributed by atoms with E-state index in [0.29, 0.717) is 10.8 Å². The molecule has 3 rings (SSSR count). The summed E-state index contributed by atoms with van der Waals surface area (Å²) in [6.07, 6.45) is 7.27. The molecule has 2 saturated carbocycles. The summed E-state index contributed by atoms with van der Waals surface area (Å²) in [4.78, 5) is 0. The van der Waals surface area contributed by atoms with Gasteiger partial charge in [-0.15, -0.1) is 0 Å². The van der Waals surface area contributed by atoms with E-state index in [-0.39, 0.29) is 0 Å². The lowest BCUT2D eigenvalue weighted by atomic mass is 9.68. The molecular weight excluding hydrogens is 226 g/mol. The first-order valence-electron chi connectivity index (χ1n) is 7.37. The zero-order chi connectivity index (χ0) is 12.1. The van der Waals surface area contributed by atoms with E-state index in [2.05, 4.69) is 37.8 Å². The Bertz CT molecular complexity index is 291. The molecule has 0 spiro atoms. The number of fused-ring (bicyclic) bond motifs is 2. The molecule has 98 valence electrons. The first-order chi connectivity index (χ1) is 8.02. The molecule has 3 aliphatic rings. The van der Waals surface area contributed by atoms with E-state index < -0.39 is 0 Å². The lowest BCUT2D eigenvalue weighted by Gasteiger charge is -2.43. The van der Waals surface area contributed by atoms with Crippen molar-refractivity contribution in [2.24, 2.45) is 16.7 Å². The second kappa shape index (κ2) is 4.16. The number of thioether (sulfide) groups is 1. The van der Waals surface area contributed by atoms with Gasteiger partial charge in [-0.25, -0.2) is 0 Å². The van der Waals surface area contributed by atoms with Gasteiger partial charge in [0.1, 0.15) is 0 Å². The summed E-state index contributed by atoms with van der Waals surface area (Å²) in [7, 11) is 0. The molecule has 1 aliphatic heterocycles. The van der Waals surface area contributed by atoms with Crippen LogP contribution in [0.5, 0.6) is 0 Å². The molecule has 2 unspecified atom stereocenters. The van der Waals surface area contributed by atoms with Crippen molar-refractivity contribution in [2.45, 2.75) is 64.2 Å². The van der Waals surface area contributed by atoms with Crippen molar-refractivity contribution >= 4 is 11.8 Å². The van der Waals surface area contributed by atoms with Crippen LogP contribution in [0.3, 0.4) is 0 Å². The molecule has 2 heteroatoms. The summed E-state index contributed by atoms with van der Waals surface area (Å²) >= 11 is 2.18. The van der Waals surface area contributed by atoms with Gasteiger partial charge in [-0.05, 0) is 54.6 Å². The second-order valence-corrected chi connectivity index (χ2v) is 8.80. The van der Waals surface area contributed by atoms with E-state index in [1.54, 1.807) is 0 Å². The predicted octanol–water partition coefficient (Wildman–Crippen LogP) is 3.69. The van der Waals surface area contributed by atoms with Crippen LogP contribution in [0, 0.1) is 16.7 Å². The van der Waals surface area contributed by atoms with Crippen LogP contribution in [0.1, 0.15) is 52.9 Å². The van der Waals surface area contributed by atoms with Crippen molar-refractivity contribution in [1.29, 1.82) is 0 Å². The van der Waals surface area contributed by atoms with E-state index >= 15 is 0 Å². The Balaban J connectivity index is 1.65. The van der Waals surface area contributed by atoms with Gasteiger partial charge in [-0.3, -0.25) is 0 Å². The highest BCUT2D eigenvalue weighted by Gasteiger charge is 2.58. The fraction of sp³-hybridized carbons (Fsp3) is 1.00. The largest absolute Gasteiger partial charge is 0.312 e. The van der Waals surface area contributed by atoms with Crippen molar-refractivity contribution in [2.75, 3.05) is 12.3 Å². The third kappa shape index (κ3) is 1.96. The van der Waals surface area contributed by atoms with Crippen LogP contribution in [-0.2, 0) is 0 Å². The summed E-state index contributed by atoms with van der Waals surface area (Å²) in [5.74, 6) is 2.36. The molecule has 3 fully saturated rings. The molecule has 0 aromatic heterocycles. The van der Waals surface area contributed by atoms with E-state index in [4.69, 9.17) is 0 Å². The van der Waals surface area contributed by atoms with E-state index in [1.165, 1.54) is 44.4 Å². The Morgan fingerprint density at radius 2 is 2.06 bits per heavy atom. The molecule has 0 radical (unpaired) electrons. The highest BCUT2D eigenvalue weighted by atomic mass is 32.2. The van der Waals surface area contributed by atoms with Crippen molar-refractivity contribution < 1.29 is 0 Å². The fourth-order valence-electron chi connectivity index (χ4n) is 4.87. The highest BCUT2D eigenvalue weighted by molar-refractivity contribution is 8.00. The van der Waals surface area contributed by atoms with Gasteiger partial charge in [-0.1, -0.05) is 20.8 Å². The zero-order valence-electron chi connectivity index (χ0n) is 11.6. The summed E-state index contributed by atoms with van der Waals surface area (Å²) < 4.78 is 0. The first-order valence-corrected chi connectivity index (χ1v) is 8.42. The van der Waals surface area contributed by atoms with Crippen LogP contribution < -0.4 is 5.32 Å². The third-order valence-corrected chi connectivity index (χ3v) is 7.24. The van der Waals surface area contributed by atoms with Gasteiger partial charge in [-0.2, -0.15) is 11.8 Å². The Kier molecular flexibility index (Phi) is 3.02. The Hall–Kier alpha value is 0.310. The third-order valence-electron chi connectivity index (χ3n) is 5.84. The molecule has 1 saturated heterocycles. The smallest absolute Gasteiger partial charge is 0.0175 e. The normalized spacial score (nSPS) is 47.8. The van der Waals surface area contributed by atoms with E-state index in [9.17, 15) is 0 Å². The van der Waals surface area contributed by atoms with Gasteiger partial charge in [0, 0.05) is 17.8 Å². The Morgan fingerprint density at radius 3 is 2.65 bits per heavy atom. The number of hydrogen-bond acceptors (Lipinski definition) is 2. The maximum absolute atomic E-state index is 3.96. The first kappa shape index (κ1) is 12.3. The lowest BCUT2D eigenvalue weighted by molar-refractivity contribution is 0.109. The van der Waals surface area contributed by atoms with Crippen molar-refractivity contribution in [3.63, 3.8) is 0 Å². The number of hydrogen-bond donors (Lipinski definition) is 1. The molecular formula is C15H27NS. The minimum atomic E-state index is 0.524. The summed E-state index contributed by atoms with van der Waals surface area (Å²) in [6, 6.07) is 0.759. The van der Waals surface area contributed by atoms with Gasteiger partial charge in [0.15, 0.2) is 0 Å². The van der Waals surface area contributed by atoms with Gasteiger partial charge in [0.2, 0.25) is 0 Å². The lowest BCUT2D eigenvalue weighted by Crippen LogP contribution is -2.51. The van der Waals surface area contributed by atoms with Gasteiger partial charge in [0.25, 0.3) is 0 Å². The maximum Gasteiger partial charge on any atom is 0.0175 e. The number of rotatable bonds is 3. The molecule has 2 bridgehead atoms. The highest BCUT2D eigenvalue weighted by Crippen LogP contribution is 2.62. The summed E-state index contributed by atoms with van der Waals surface area (Å²) in [5.41, 5.74) is 1.12. The molecule has 1 heterocycles. The van der Waals surface area contributed by atoms with Gasteiger partial charge < -0.3 is 5.32 Å². The zero-order valence-corrected chi connectivity index (χ0v) is 12.4. The SMILES string of the molecule is CC1(C)C(NCC2CCCS2)[C@]2(C)CC[C@H]1C2. The van der Waals surface area contributed by atoms with Crippen LogP contribution in [0.2, 0.25) is 0 Å². The minimum Gasteiger partial charge on any atom is -0.312 e. The van der Waals surface area contributed by atoms with Crippen molar-refractivity contribution in [1.82, 2.24) is 5.32 Å². The molecule has 17 heavy (non-hydrogen) atoms. The molecule has 4 atom stereocenters. The standard InChI is InChI=1S/C15H27NS/c1-14(2)11-6-7-15(3,9-11)13(14)16-10-12-5-4-8-17-12/h11-13,16H,4-10H2,1-3H3/t11-,12?,13?,15+/m0/s1. The average molecular weight is 253 g/mol. The summed E-state index contributed by atoms with van der Waals surface area (Å²) in [5, 5.41) is 4.86. The molecule has 1 nitrogen and oxygen atoms in total. The average Bonchev–Trinajstić information content (AvgIpc) is 2.90. The van der Waals surface area contributed by atoms with Crippen molar-refractivity contribution in [3.8, 4) is 0 Å². The Labute approximate surface area is 111 Å². The van der Waals surface area contributed by atoms with Crippen LogP contribution in [0.25, 0.3) is 0 Å². The molecule has 1 N–H and O–H groups in total. The second-order valence-electron chi connectivity index (χ2n) is 7.39. The Morgan fingerprint density at radius 1 is 1.24 bits per heavy atom. The van der Waals surface area contributed by atoms with Crippen LogP contribution in [0.15, 0.2) is 0 Å². The monoisotopic (exact) mass is 253 g/mol. The van der Waals surface area contributed by atoms with Crippen LogP contribution >= 0.6 is 11.8 Å². The fourth-order valence-corrected chi connectivity index (χ4v) is 6.08. The van der Waals surface area contributed by atoms with Gasteiger partial charge >= 0.3 is 0 Å². The van der Waals surface area contributed by atoms with Crippen molar-refractivity contribution in [3.05, 3.63) is 0 Å². The molecule has 0 aromatic rings. The van der Waals surface area contributed by atoms with Gasteiger partial charge in [0.05, 0.1) is 0 Å². The van der Waals surface area contributed by atoms with E-state index in [1.807, 2.05) is 0 Å². The molecule has 0 aromatic carbocycles. The van der Waals surface area contributed by atoms with Crippen LogP contribution in [0.4, 0.5) is 0 Å². The summed E-state index contributed by atoms with van der Waals surface area (Å²) in [6.45, 7) is 8.78. The van der Waals surface area contributed by atoms with Crippen LogP contribution in [-0.4, -0.2) is 23.6 Å². The quantitative estimate of drug-likeness (QED) is 0.823. The topological polar surface area (TPSA) is 12.0 Å². The molecule has 2 aliphatic carbocycles. The number of nitrogens with one attached hydrogen (secondary N) is 1. The molecule has 0 amide bonds. The maximum atomic E-state index is 3.96. The predicted molar refractivity (Wildman–Crippen MR) is 76.5 cm³/mol.